The monoisotopic (exact) mass is 284 g/mol. The topological polar surface area (TPSA) is 61.8 Å². The average Bonchev–Trinajstić information content (AvgIpc) is 2.47. The van der Waals surface area contributed by atoms with E-state index in [2.05, 4.69) is 4.74 Å². The Kier molecular flexibility index (Phi) is 5.96. The van der Waals surface area contributed by atoms with Gasteiger partial charge in [0, 0.05) is 0 Å². The van der Waals surface area contributed by atoms with Gasteiger partial charge in [-0.3, -0.25) is 4.79 Å². The molecule has 1 atom stereocenters. The molecule has 0 amide bonds. The highest BCUT2D eigenvalue weighted by atomic mass is 19.1. The van der Waals surface area contributed by atoms with Gasteiger partial charge in [0.2, 0.25) is 5.78 Å². The molecule has 0 spiro atoms. The molecular weight excluding hydrogens is 267 g/mol. The molecule has 0 radical (unpaired) electrons. The van der Waals surface area contributed by atoms with Crippen molar-refractivity contribution in [3.63, 3.8) is 0 Å². The molecule has 0 heterocycles. The first kappa shape index (κ1) is 15.9. The Morgan fingerprint density at radius 2 is 1.85 bits per heavy atom. The van der Waals surface area contributed by atoms with E-state index in [4.69, 9.17) is 9.47 Å². The fourth-order valence-electron chi connectivity index (χ4n) is 1.62. The summed E-state index contributed by atoms with van der Waals surface area (Å²) in [5.74, 6) is -1.79. The maximum Gasteiger partial charge on any atom is 0.348 e. The van der Waals surface area contributed by atoms with Crippen molar-refractivity contribution >= 4 is 11.8 Å². The van der Waals surface area contributed by atoms with Gasteiger partial charge in [0.25, 0.3) is 6.17 Å². The number of methoxy groups -OCH3 is 1. The lowest BCUT2D eigenvalue weighted by atomic mass is 10.1. The van der Waals surface area contributed by atoms with Crippen LogP contribution in [0, 0.1) is 0 Å². The van der Waals surface area contributed by atoms with Crippen LogP contribution in [0.25, 0.3) is 0 Å². The first-order valence-electron chi connectivity index (χ1n) is 6.21. The Bertz CT molecular complexity index is 486. The molecule has 1 unspecified atom stereocenters. The molecule has 20 heavy (non-hydrogen) atoms. The van der Waals surface area contributed by atoms with Crippen LogP contribution in [0.15, 0.2) is 18.2 Å². The quantitative estimate of drug-likeness (QED) is 0.436. The predicted octanol–water partition coefficient (Wildman–Crippen LogP) is 2.18. The van der Waals surface area contributed by atoms with Crippen LogP contribution in [-0.2, 0) is 9.53 Å². The third-order valence-electron chi connectivity index (χ3n) is 2.47. The zero-order valence-electron chi connectivity index (χ0n) is 11.6. The van der Waals surface area contributed by atoms with E-state index in [1.807, 2.05) is 0 Å². The third-order valence-corrected chi connectivity index (χ3v) is 2.47. The van der Waals surface area contributed by atoms with Gasteiger partial charge in [-0.15, -0.1) is 0 Å². The van der Waals surface area contributed by atoms with Gasteiger partial charge in [-0.05, 0) is 26.0 Å². The van der Waals surface area contributed by atoms with Crippen molar-refractivity contribution in [2.45, 2.75) is 20.0 Å². The molecule has 6 heteroatoms. The number of hydrogen-bond donors (Lipinski definition) is 0. The molecule has 0 saturated heterocycles. The summed E-state index contributed by atoms with van der Waals surface area (Å²) in [6, 6.07) is 4.52. The molecule has 110 valence electrons. The lowest BCUT2D eigenvalue weighted by Gasteiger charge is -2.15. The molecule has 0 aliphatic heterocycles. The zero-order valence-corrected chi connectivity index (χ0v) is 11.6. The molecule has 0 aliphatic carbocycles. The Hall–Kier alpha value is -2.11. The second-order valence-corrected chi connectivity index (χ2v) is 3.75. The van der Waals surface area contributed by atoms with Gasteiger partial charge in [0.1, 0.15) is 0 Å². The van der Waals surface area contributed by atoms with E-state index in [1.54, 1.807) is 19.9 Å². The number of carbonyl (C=O) groups excluding carboxylic acids is 2. The molecule has 0 saturated carbocycles. The molecule has 5 nitrogen and oxygen atoms in total. The molecule has 1 rings (SSSR count). The Morgan fingerprint density at radius 1 is 1.20 bits per heavy atom. The van der Waals surface area contributed by atoms with E-state index >= 15 is 0 Å². The molecule has 1 aromatic carbocycles. The Morgan fingerprint density at radius 3 is 2.40 bits per heavy atom. The van der Waals surface area contributed by atoms with E-state index in [-0.39, 0.29) is 17.9 Å². The summed E-state index contributed by atoms with van der Waals surface area (Å²) in [4.78, 5) is 23.1. The van der Waals surface area contributed by atoms with Gasteiger partial charge in [-0.1, -0.05) is 6.07 Å². The second kappa shape index (κ2) is 7.47. The van der Waals surface area contributed by atoms with Crippen molar-refractivity contribution in [2.75, 3.05) is 20.3 Å². The number of hydrogen-bond acceptors (Lipinski definition) is 5. The number of rotatable bonds is 7. The molecule has 0 aliphatic rings. The summed E-state index contributed by atoms with van der Waals surface area (Å²) < 4.78 is 28.6. The van der Waals surface area contributed by atoms with Crippen molar-refractivity contribution in [1.29, 1.82) is 0 Å². The van der Waals surface area contributed by atoms with Crippen LogP contribution in [0.5, 0.6) is 11.5 Å². The number of Topliss-reactive ketones (excluding diaryl/α,β-unsaturated/α-hetero) is 1. The molecule has 1 aromatic rings. The van der Waals surface area contributed by atoms with E-state index < -0.39 is 17.9 Å². The summed E-state index contributed by atoms with van der Waals surface area (Å²) in [6.45, 7) is 4.15. The van der Waals surface area contributed by atoms with Crippen LogP contribution in [0.4, 0.5) is 4.39 Å². The highest BCUT2D eigenvalue weighted by molar-refractivity contribution is 6.12. The van der Waals surface area contributed by atoms with Crippen LogP contribution in [0.3, 0.4) is 0 Å². The summed E-state index contributed by atoms with van der Waals surface area (Å²) in [7, 11) is 1.02. The molecule has 0 aromatic heterocycles. The van der Waals surface area contributed by atoms with Gasteiger partial charge in [-0.25, -0.2) is 9.18 Å². The summed E-state index contributed by atoms with van der Waals surface area (Å²) in [6.07, 6.45) is -2.38. The van der Waals surface area contributed by atoms with Crippen molar-refractivity contribution < 1.29 is 28.2 Å². The lowest BCUT2D eigenvalue weighted by Crippen LogP contribution is -2.27. The van der Waals surface area contributed by atoms with Crippen LogP contribution >= 0.6 is 0 Å². The number of halogens is 1. The van der Waals surface area contributed by atoms with E-state index in [1.165, 1.54) is 12.1 Å². The summed E-state index contributed by atoms with van der Waals surface area (Å²) >= 11 is 0. The molecule has 0 fully saturated rings. The van der Waals surface area contributed by atoms with Gasteiger partial charge >= 0.3 is 5.97 Å². The van der Waals surface area contributed by atoms with E-state index in [9.17, 15) is 14.0 Å². The highest BCUT2D eigenvalue weighted by Crippen LogP contribution is 2.32. The van der Waals surface area contributed by atoms with Gasteiger partial charge in [0.15, 0.2) is 11.5 Å². The van der Waals surface area contributed by atoms with Crippen LogP contribution in [0.1, 0.15) is 24.2 Å². The number of carbonyl (C=O) groups is 2. The summed E-state index contributed by atoms with van der Waals surface area (Å²) in [5.41, 5.74) is -0.0456. The predicted molar refractivity (Wildman–Crippen MR) is 70.0 cm³/mol. The van der Waals surface area contributed by atoms with Gasteiger partial charge in [-0.2, -0.15) is 0 Å². The maximum atomic E-state index is 13.7. The molecule has 0 N–H and O–H groups in total. The first-order valence-corrected chi connectivity index (χ1v) is 6.21. The maximum absolute atomic E-state index is 13.7. The van der Waals surface area contributed by atoms with E-state index in [0.717, 1.165) is 7.11 Å². The number of ether oxygens (including phenoxy) is 3. The van der Waals surface area contributed by atoms with Crippen molar-refractivity contribution in [1.82, 2.24) is 0 Å². The van der Waals surface area contributed by atoms with Crippen molar-refractivity contribution in [3.8, 4) is 11.5 Å². The third kappa shape index (κ3) is 3.46. The van der Waals surface area contributed by atoms with Gasteiger partial charge < -0.3 is 14.2 Å². The SMILES string of the molecule is CCOc1cccc(C(=O)C(F)C(=O)OC)c1OCC. The lowest BCUT2D eigenvalue weighted by molar-refractivity contribution is -0.144. The fourth-order valence-corrected chi connectivity index (χ4v) is 1.62. The number of para-hydroxylation sites is 1. The smallest absolute Gasteiger partial charge is 0.348 e. The average molecular weight is 284 g/mol. The number of benzene rings is 1. The molecule has 0 bridgehead atoms. The van der Waals surface area contributed by atoms with E-state index in [0.29, 0.717) is 12.4 Å². The minimum Gasteiger partial charge on any atom is -0.490 e. The second-order valence-electron chi connectivity index (χ2n) is 3.75. The minimum atomic E-state index is -2.38. The highest BCUT2D eigenvalue weighted by Gasteiger charge is 2.31. The van der Waals surface area contributed by atoms with Crippen LogP contribution in [0.2, 0.25) is 0 Å². The Balaban J connectivity index is 3.19. The largest absolute Gasteiger partial charge is 0.490 e. The summed E-state index contributed by atoms with van der Waals surface area (Å²) in [5, 5.41) is 0. The fraction of sp³-hybridized carbons (Fsp3) is 0.429. The zero-order chi connectivity index (χ0) is 15.1. The number of alkyl halides is 1. The first-order chi connectivity index (χ1) is 9.56. The normalized spacial score (nSPS) is 11.6. The van der Waals surface area contributed by atoms with Crippen molar-refractivity contribution in [2.24, 2.45) is 0 Å². The number of esters is 1. The molecular formula is C14H17FO5. The Labute approximate surface area is 116 Å². The standard InChI is InChI=1S/C14H17FO5/c1-4-19-10-8-6-7-9(13(10)20-5-2)12(16)11(15)14(17)18-3/h6-8,11H,4-5H2,1-3H3. The number of ketones is 1. The van der Waals surface area contributed by atoms with Crippen molar-refractivity contribution in [3.05, 3.63) is 23.8 Å². The van der Waals surface area contributed by atoms with Crippen LogP contribution in [-0.4, -0.2) is 38.2 Å². The van der Waals surface area contributed by atoms with Crippen LogP contribution < -0.4 is 9.47 Å². The van der Waals surface area contributed by atoms with Gasteiger partial charge in [0.05, 0.1) is 25.9 Å². The minimum absolute atomic E-state index is 0.0456.